The van der Waals surface area contributed by atoms with Gasteiger partial charge in [-0.25, -0.2) is 4.79 Å². The third kappa shape index (κ3) is 34.6. The Morgan fingerprint density at radius 1 is 0.477 bits per heavy atom. The predicted octanol–water partition coefficient (Wildman–Crippen LogP) is -0.363. The van der Waals surface area contributed by atoms with E-state index in [0.717, 1.165) is 10.1 Å². The van der Waals surface area contributed by atoms with Crippen molar-refractivity contribution in [3.8, 4) is 5.75 Å². The normalized spacial score (nSPS) is 13.7. The molecule has 0 aliphatic rings. The molecule has 111 heavy (non-hydrogen) atoms. The number of phenolic OH excluding ortho intramolecular Hbond substituents is 1. The number of carboxylic acids is 2. The van der Waals surface area contributed by atoms with Crippen molar-refractivity contribution in [3.63, 3.8) is 0 Å². The molecular weight excluding hydrogens is 1460 g/mol. The van der Waals surface area contributed by atoms with Crippen LogP contribution in [0.5, 0.6) is 5.75 Å². The molecule has 11 amide bonds. The Morgan fingerprint density at radius 3 is 1.55 bits per heavy atom. The molecule has 0 bridgehead atoms. The van der Waals surface area contributed by atoms with Gasteiger partial charge in [0.2, 0.25) is 59.1 Å². The molecule has 3 aromatic carbocycles. The minimum Gasteiger partial charge on any atom is -0.508 e. The molecule has 1 heterocycles. The highest BCUT2D eigenvalue weighted by molar-refractivity contribution is 7.19. The van der Waals surface area contributed by atoms with E-state index >= 15 is 0 Å². The summed E-state index contributed by atoms with van der Waals surface area (Å²) >= 11 is 1.34. The van der Waals surface area contributed by atoms with E-state index in [9.17, 15) is 77.6 Å². The van der Waals surface area contributed by atoms with E-state index in [4.69, 9.17) is 39.2 Å². The third-order valence-corrected chi connectivity index (χ3v) is 18.3. The minimum atomic E-state index is -1.60. The number of anilines is 1. The second kappa shape index (κ2) is 48.0. The molecule has 0 radical (unpaired) electrons. The molecule has 37 nitrogen and oxygen atoms in total. The first-order valence-corrected chi connectivity index (χ1v) is 37.6. The zero-order valence-electron chi connectivity index (χ0n) is 63.1. The standard InChI is InChI=1S/C73H109N21O16S/c1-6-8-18-51(90-69(108)60(41(5)74)94-61(100)43-25-27-45(28-26-43)85-73(79)80)66(105)91-52(34-40(3)4)63(102)84-39-58(97)86-50(20-15-33-83-72(77)78)65(104)88-48(16-7-2)64(103)92-53(35-42-23-29-46(95)30-24-42)67(106)89-49(19-14-32-82-71(75)76)62(101)81-31-13-9-10-22-57(96)87-54(38-59(98)99)68(107)93-55(70(109)110)37-47-36-44-17-11-12-21-56(44)111-47/h11-12,17,21,23-30,36,40-41,48-55,60,95H,6-10,13-16,18-20,22,31-35,37-39,74H2,1-5H3,(H,81,101)(H,84,102)(H,86,97)(H,87,96)(H,88,104)(H,89,106)(H,90,108)(H,91,105)(H,92,103)(H,93,107)(H,94,100)(H,98,99)(H,109,110)(H4,75,76,82)(H4,77,78,83)(H4,79,80,85)/t41?,48-,49-,50-,51-,52-,53-,54-,55-,60-/m0/s1. The molecule has 0 fully saturated rings. The fourth-order valence-corrected chi connectivity index (χ4v) is 12.5. The van der Waals surface area contributed by atoms with Crippen molar-refractivity contribution in [1.82, 2.24) is 69.1 Å². The van der Waals surface area contributed by atoms with Crippen LogP contribution in [0.3, 0.4) is 0 Å². The van der Waals surface area contributed by atoms with Gasteiger partial charge in [-0.3, -0.25) is 73.8 Å². The molecule has 38 heteroatoms. The van der Waals surface area contributed by atoms with Gasteiger partial charge in [0.05, 0.1) is 13.0 Å². The topological polar surface area (TPSA) is 627 Å². The Bertz CT molecular complexity index is 3810. The Balaban J connectivity index is 1.45. The number of fused-ring (bicyclic) bond motifs is 1. The Kier molecular flexibility index (Phi) is 39.6. The molecule has 0 saturated heterocycles. The maximum Gasteiger partial charge on any atom is 0.326 e. The molecule has 1 aromatic heterocycles. The van der Waals surface area contributed by atoms with Crippen molar-refractivity contribution in [2.75, 3.05) is 31.5 Å². The van der Waals surface area contributed by atoms with Crippen molar-refractivity contribution < 1.29 is 77.6 Å². The lowest BCUT2D eigenvalue weighted by atomic mass is 10.0. The van der Waals surface area contributed by atoms with E-state index in [-0.39, 0.29) is 125 Å². The highest BCUT2D eigenvalue weighted by Crippen LogP contribution is 2.27. The number of unbranched alkanes of at least 4 members (excludes halogenated alkanes) is 3. The largest absolute Gasteiger partial charge is 0.508 e. The third-order valence-electron chi connectivity index (χ3n) is 17.1. The summed E-state index contributed by atoms with van der Waals surface area (Å²) in [6.45, 7) is 8.14. The van der Waals surface area contributed by atoms with Crippen LogP contribution in [-0.2, 0) is 70.4 Å². The summed E-state index contributed by atoms with van der Waals surface area (Å²) in [4.78, 5) is 178. The number of guanidine groups is 3. The summed E-state index contributed by atoms with van der Waals surface area (Å²) in [6, 6.07) is 7.52. The number of hydrogen-bond acceptors (Lipinski definition) is 19. The fraction of sp³-hybridized carbons (Fsp3) is 0.507. The van der Waals surface area contributed by atoms with Crippen molar-refractivity contribution in [1.29, 1.82) is 16.2 Å². The monoisotopic (exact) mass is 1570 g/mol. The van der Waals surface area contributed by atoms with Crippen LogP contribution in [0, 0.1) is 22.1 Å². The van der Waals surface area contributed by atoms with Gasteiger partial charge in [0, 0.05) is 65.8 Å². The van der Waals surface area contributed by atoms with E-state index in [1.807, 2.05) is 31.2 Å². The van der Waals surface area contributed by atoms with Crippen LogP contribution in [0.1, 0.15) is 152 Å². The summed E-state index contributed by atoms with van der Waals surface area (Å²) in [5.41, 5.74) is 23.6. The maximum atomic E-state index is 14.6. The van der Waals surface area contributed by atoms with E-state index in [0.29, 0.717) is 48.2 Å². The zero-order valence-corrected chi connectivity index (χ0v) is 63.9. The Hall–Kier alpha value is -11.7. The van der Waals surface area contributed by atoms with E-state index in [1.165, 1.54) is 66.8 Å². The highest BCUT2D eigenvalue weighted by Gasteiger charge is 2.35. The summed E-state index contributed by atoms with van der Waals surface area (Å²) in [6.07, 6.45) is 1.25. The van der Waals surface area contributed by atoms with Crippen molar-refractivity contribution in [3.05, 3.63) is 94.9 Å². The highest BCUT2D eigenvalue weighted by atomic mass is 32.1. The Labute approximate surface area is 647 Å². The van der Waals surface area contributed by atoms with Crippen LogP contribution in [0.4, 0.5) is 5.69 Å². The summed E-state index contributed by atoms with van der Waals surface area (Å²) in [5, 5.41) is 89.8. The zero-order chi connectivity index (χ0) is 82.3. The lowest BCUT2D eigenvalue weighted by molar-refractivity contribution is -0.143. The number of phenols is 1. The quantitative estimate of drug-likeness (QED) is 0.0152. The number of carboxylic acid groups (broad SMARTS) is 2. The van der Waals surface area contributed by atoms with Gasteiger partial charge in [0.15, 0.2) is 17.9 Å². The van der Waals surface area contributed by atoms with Crippen molar-refractivity contribution in [2.45, 2.75) is 204 Å². The number of carbonyl (C=O) groups excluding carboxylic acids is 11. The van der Waals surface area contributed by atoms with Crippen LogP contribution < -0.4 is 97.4 Å². The van der Waals surface area contributed by atoms with Crippen molar-refractivity contribution >= 4 is 122 Å². The van der Waals surface area contributed by atoms with Gasteiger partial charge in [0.25, 0.3) is 5.91 Å². The number of nitrogens with one attached hydrogen (secondary N) is 17. The molecule has 4 rings (SSSR count). The molecule has 28 N–H and O–H groups in total. The van der Waals surface area contributed by atoms with Gasteiger partial charge in [0.1, 0.15) is 60.1 Å². The lowest BCUT2D eigenvalue weighted by Crippen LogP contribution is -2.60. The Morgan fingerprint density at radius 2 is 0.991 bits per heavy atom. The van der Waals surface area contributed by atoms with Crippen LogP contribution >= 0.6 is 11.3 Å². The van der Waals surface area contributed by atoms with Gasteiger partial charge in [-0.05, 0) is 130 Å². The molecule has 608 valence electrons. The first kappa shape index (κ1) is 91.7. The minimum absolute atomic E-state index is 0.00800. The first-order valence-electron chi connectivity index (χ1n) is 36.8. The van der Waals surface area contributed by atoms with Crippen LogP contribution in [0.15, 0.2) is 78.9 Å². The van der Waals surface area contributed by atoms with Gasteiger partial charge in [-0.15, -0.1) is 11.3 Å². The molecule has 0 aliphatic carbocycles. The number of rotatable bonds is 50. The van der Waals surface area contributed by atoms with Crippen LogP contribution in [0.25, 0.3) is 10.1 Å². The van der Waals surface area contributed by atoms with E-state index in [2.05, 4.69) is 74.4 Å². The number of carbonyl (C=O) groups is 13. The second-order valence-electron chi connectivity index (χ2n) is 27.1. The van der Waals surface area contributed by atoms with Crippen LogP contribution in [-0.4, -0.2) is 197 Å². The smallest absolute Gasteiger partial charge is 0.326 e. The maximum absolute atomic E-state index is 14.6. The number of nitrogens with two attached hydrogens (primary N) is 4. The molecular formula is C73H109N21O16S. The number of hydrogen-bond donors (Lipinski definition) is 24. The number of aromatic hydroxyl groups is 1. The first-order chi connectivity index (χ1) is 52.7. The fourth-order valence-electron chi connectivity index (χ4n) is 11.4. The van der Waals surface area contributed by atoms with Crippen LogP contribution in [0.2, 0.25) is 0 Å². The van der Waals surface area contributed by atoms with Gasteiger partial charge in [-0.1, -0.05) is 83.7 Å². The average Bonchev–Trinajstić information content (AvgIpc) is 1.77. The molecule has 1 unspecified atom stereocenters. The average molecular weight is 1570 g/mol. The molecule has 4 aromatic rings. The molecule has 0 saturated carbocycles. The summed E-state index contributed by atoms with van der Waals surface area (Å²) < 4.78 is 0.904. The van der Waals surface area contributed by atoms with Crippen molar-refractivity contribution in [2.24, 2.45) is 28.9 Å². The lowest BCUT2D eigenvalue weighted by Gasteiger charge is -2.27. The number of thiophene rings is 1. The van der Waals surface area contributed by atoms with E-state index in [1.54, 1.807) is 26.8 Å². The number of benzene rings is 3. The van der Waals surface area contributed by atoms with E-state index < -0.39 is 150 Å². The SMILES string of the molecule is CCCC[C@H](NC(=O)[C@@H](NC(=O)c1ccc(NC(=N)N)cc1)C(C)N)C(=O)N[C@@H](CC(C)C)C(=O)NCC(=O)N[C@@H](CCCNC(=N)N)C(=O)N[C@@H](CCC)C(=O)N[C@@H](Cc1ccc(O)cc1)C(=O)N[C@@H](CCCNC(=N)N)C(=O)NCCCCCC(=O)N[C@@H](CC(=O)O)C(=O)N[C@@H](Cc1cc2ccccc2s1)C(=O)O. The number of amides is 11. The molecule has 10 atom stereocenters. The van der Waals surface area contributed by atoms with Gasteiger partial charge >= 0.3 is 11.9 Å². The summed E-state index contributed by atoms with van der Waals surface area (Å²) in [7, 11) is 0. The second-order valence-corrected chi connectivity index (χ2v) is 28.3. The van der Waals surface area contributed by atoms with Gasteiger partial charge < -0.3 is 113 Å². The van der Waals surface area contributed by atoms with Gasteiger partial charge in [-0.2, -0.15) is 0 Å². The summed E-state index contributed by atoms with van der Waals surface area (Å²) in [5.74, 6) is -12.9. The molecule has 0 aliphatic heterocycles. The number of aliphatic carboxylic acids is 2. The predicted molar refractivity (Wildman–Crippen MR) is 416 cm³/mol. The molecule has 0 spiro atoms.